The predicted octanol–water partition coefficient (Wildman–Crippen LogP) is 6.90. The molecule has 142 valence electrons. The first kappa shape index (κ1) is 19.2. The second-order valence-corrected chi connectivity index (χ2v) is 6.46. The molecule has 3 aromatic carbocycles. The number of rotatable bonds is 6. The fourth-order valence-corrected chi connectivity index (χ4v) is 2.56. The zero-order valence-electron chi connectivity index (χ0n) is 16.5. The minimum Gasteiger partial charge on any atom is -0.494 e. The molecule has 0 aliphatic heterocycles. The summed E-state index contributed by atoms with van der Waals surface area (Å²) in [4.78, 5) is 2.06. The molecule has 0 amide bonds. The maximum atomic E-state index is 5.43. The number of hydrogen-bond acceptors (Lipinski definition) is 6. The smallest absolute Gasteiger partial charge is 0.148 e. The zero-order chi connectivity index (χ0) is 19.9. The van der Waals surface area contributed by atoms with Crippen molar-refractivity contribution < 1.29 is 4.74 Å². The number of methoxy groups -OCH3 is 1. The summed E-state index contributed by atoms with van der Waals surface area (Å²) >= 11 is 0. The molecule has 0 saturated heterocycles. The maximum Gasteiger partial charge on any atom is 0.148 e. The summed E-state index contributed by atoms with van der Waals surface area (Å²) in [5, 5.41) is 17.2. The van der Waals surface area contributed by atoms with Crippen LogP contribution in [0, 0.1) is 6.92 Å². The normalized spacial score (nSPS) is 11.3. The highest BCUT2D eigenvalue weighted by molar-refractivity contribution is 5.60. The van der Waals surface area contributed by atoms with Gasteiger partial charge in [0.05, 0.1) is 24.2 Å². The molecule has 0 atom stereocenters. The summed E-state index contributed by atoms with van der Waals surface area (Å²) < 4.78 is 5.43. The Morgan fingerprint density at radius 3 is 2.07 bits per heavy atom. The summed E-state index contributed by atoms with van der Waals surface area (Å²) in [6.07, 6.45) is 0. The monoisotopic (exact) mass is 373 g/mol. The van der Waals surface area contributed by atoms with Gasteiger partial charge in [0.15, 0.2) is 0 Å². The molecule has 0 aliphatic rings. The quantitative estimate of drug-likeness (QED) is 0.441. The third-order valence-corrected chi connectivity index (χ3v) is 4.16. The van der Waals surface area contributed by atoms with Crippen LogP contribution in [0.15, 0.2) is 87.2 Å². The Balaban J connectivity index is 1.80. The van der Waals surface area contributed by atoms with Crippen LogP contribution < -0.4 is 9.64 Å². The van der Waals surface area contributed by atoms with Gasteiger partial charge in [-0.3, -0.25) is 0 Å². The van der Waals surface area contributed by atoms with Gasteiger partial charge < -0.3 is 9.64 Å². The zero-order valence-corrected chi connectivity index (χ0v) is 16.5. The second kappa shape index (κ2) is 8.90. The van der Waals surface area contributed by atoms with Crippen LogP contribution in [-0.2, 0) is 0 Å². The first-order valence-corrected chi connectivity index (χ1v) is 8.91. The Hall–Kier alpha value is -3.54. The lowest BCUT2D eigenvalue weighted by atomic mass is 10.2. The number of hydrogen-bond donors (Lipinski definition) is 0. The summed E-state index contributed by atoms with van der Waals surface area (Å²) in [6.45, 7) is 2.02. The average molecular weight is 373 g/mol. The van der Waals surface area contributed by atoms with Gasteiger partial charge in [-0.2, -0.15) is 15.3 Å². The molecule has 28 heavy (non-hydrogen) atoms. The van der Waals surface area contributed by atoms with Gasteiger partial charge in [-0.15, -0.1) is 5.11 Å². The van der Waals surface area contributed by atoms with Crippen LogP contribution >= 0.6 is 0 Å². The predicted molar refractivity (Wildman–Crippen MR) is 113 cm³/mol. The van der Waals surface area contributed by atoms with Crippen molar-refractivity contribution in [2.45, 2.75) is 6.92 Å². The first-order chi connectivity index (χ1) is 13.6. The largest absolute Gasteiger partial charge is 0.494 e. The topological polar surface area (TPSA) is 61.9 Å². The molecule has 0 spiro atoms. The van der Waals surface area contributed by atoms with Crippen molar-refractivity contribution in [1.82, 2.24) is 0 Å². The van der Waals surface area contributed by atoms with Gasteiger partial charge in [0.2, 0.25) is 0 Å². The van der Waals surface area contributed by atoms with Crippen LogP contribution in [-0.4, -0.2) is 21.2 Å². The van der Waals surface area contributed by atoms with E-state index in [0.29, 0.717) is 17.1 Å². The van der Waals surface area contributed by atoms with E-state index in [1.54, 1.807) is 13.2 Å². The van der Waals surface area contributed by atoms with Crippen LogP contribution in [0.25, 0.3) is 0 Å². The van der Waals surface area contributed by atoms with E-state index in [1.165, 1.54) is 0 Å². The Morgan fingerprint density at radius 2 is 1.39 bits per heavy atom. The number of azo groups is 2. The van der Waals surface area contributed by atoms with Gasteiger partial charge in [0.1, 0.15) is 11.4 Å². The lowest BCUT2D eigenvalue weighted by molar-refractivity contribution is 0.416. The van der Waals surface area contributed by atoms with E-state index in [9.17, 15) is 0 Å². The number of nitrogens with zero attached hydrogens (tertiary/aromatic N) is 5. The fourth-order valence-electron chi connectivity index (χ4n) is 2.56. The van der Waals surface area contributed by atoms with Crippen LogP contribution in [0.1, 0.15) is 5.56 Å². The molecule has 6 heteroatoms. The molecule has 6 nitrogen and oxygen atoms in total. The van der Waals surface area contributed by atoms with Gasteiger partial charge in [0.25, 0.3) is 0 Å². The molecular formula is C22H23N5O. The molecular weight excluding hydrogens is 350 g/mol. The standard InChI is InChI=1S/C22H23N5O/c1-16-14-19(27(2)3)11-13-20(16)25-24-18-10-12-21(22(15-18)28-4)26-23-17-8-6-5-7-9-17/h5-15H,1-4H3. The molecule has 0 bridgehead atoms. The summed E-state index contributed by atoms with van der Waals surface area (Å²) in [5.41, 5.74) is 5.13. The van der Waals surface area contributed by atoms with Crippen molar-refractivity contribution in [1.29, 1.82) is 0 Å². The number of anilines is 1. The highest BCUT2D eigenvalue weighted by Crippen LogP contribution is 2.34. The van der Waals surface area contributed by atoms with Crippen molar-refractivity contribution >= 4 is 28.4 Å². The highest BCUT2D eigenvalue weighted by Gasteiger charge is 2.05. The SMILES string of the molecule is COc1cc(N=Nc2ccc(N(C)C)cc2C)ccc1N=Nc1ccccc1. The van der Waals surface area contributed by atoms with Crippen molar-refractivity contribution in [3.05, 3.63) is 72.3 Å². The molecule has 0 aliphatic carbocycles. The minimum absolute atomic E-state index is 0.593. The molecule has 0 saturated carbocycles. The van der Waals surface area contributed by atoms with Crippen molar-refractivity contribution in [3.8, 4) is 5.75 Å². The lowest BCUT2D eigenvalue weighted by Gasteiger charge is -2.13. The fraction of sp³-hybridized carbons (Fsp3) is 0.182. The Morgan fingerprint density at radius 1 is 0.714 bits per heavy atom. The maximum absolute atomic E-state index is 5.43. The highest BCUT2D eigenvalue weighted by atomic mass is 16.5. The van der Waals surface area contributed by atoms with E-state index in [2.05, 4.69) is 31.4 Å². The van der Waals surface area contributed by atoms with Crippen molar-refractivity contribution in [2.75, 3.05) is 26.1 Å². The van der Waals surface area contributed by atoms with Crippen LogP contribution in [0.4, 0.5) is 28.4 Å². The van der Waals surface area contributed by atoms with E-state index in [-0.39, 0.29) is 0 Å². The molecule has 0 N–H and O–H groups in total. The van der Waals surface area contributed by atoms with E-state index in [0.717, 1.165) is 22.6 Å². The van der Waals surface area contributed by atoms with Crippen LogP contribution in [0.3, 0.4) is 0 Å². The average Bonchev–Trinajstić information content (AvgIpc) is 2.72. The molecule has 0 aromatic heterocycles. The van der Waals surface area contributed by atoms with Crippen molar-refractivity contribution in [3.63, 3.8) is 0 Å². The van der Waals surface area contributed by atoms with E-state index in [1.807, 2.05) is 75.6 Å². The molecule has 0 heterocycles. The van der Waals surface area contributed by atoms with Gasteiger partial charge in [-0.25, -0.2) is 0 Å². The second-order valence-electron chi connectivity index (χ2n) is 6.46. The molecule has 3 aromatic rings. The molecule has 0 unspecified atom stereocenters. The Labute approximate surface area is 165 Å². The Bertz CT molecular complexity index is 997. The van der Waals surface area contributed by atoms with E-state index in [4.69, 9.17) is 4.74 Å². The number of ether oxygens (including phenoxy) is 1. The van der Waals surface area contributed by atoms with Gasteiger partial charge in [-0.1, -0.05) is 18.2 Å². The van der Waals surface area contributed by atoms with Crippen LogP contribution in [0.2, 0.25) is 0 Å². The Kier molecular flexibility index (Phi) is 6.11. The summed E-state index contributed by atoms with van der Waals surface area (Å²) in [5.74, 6) is 0.593. The number of benzene rings is 3. The van der Waals surface area contributed by atoms with Gasteiger partial charge in [-0.05, 0) is 55.0 Å². The first-order valence-electron chi connectivity index (χ1n) is 8.91. The van der Waals surface area contributed by atoms with E-state index >= 15 is 0 Å². The lowest BCUT2D eigenvalue weighted by Crippen LogP contribution is -2.08. The number of aryl methyl sites for hydroxylation is 1. The third-order valence-electron chi connectivity index (χ3n) is 4.16. The van der Waals surface area contributed by atoms with Crippen LogP contribution in [0.5, 0.6) is 5.75 Å². The van der Waals surface area contributed by atoms with Gasteiger partial charge in [0, 0.05) is 25.8 Å². The molecule has 3 rings (SSSR count). The molecule has 0 radical (unpaired) electrons. The summed E-state index contributed by atoms with van der Waals surface area (Å²) in [6, 6.07) is 21.1. The molecule has 0 fully saturated rings. The minimum atomic E-state index is 0.593. The summed E-state index contributed by atoms with van der Waals surface area (Å²) in [7, 11) is 5.62. The van der Waals surface area contributed by atoms with Crippen molar-refractivity contribution in [2.24, 2.45) is 20.5 Å². The van der Waals surface area contributed by atoms with E-state index < -0.39 is 0 Å². The van der Waals surface area contributed by atoms with Gasteiger partial charge >= 0.3 is 0 Å². The third kappa shape index (κ3) is 4.79.